The molecule has 142 valence electrons. The molecule has 25 heavy (non-hydrogen) atoms. The van der Waals surface area contributed by atoms with Crippen molar-refractivity contribution in [2.24, 2.45) is 23.7 Å². The predicted molar refractivity (Wildman–Crippen MR) is 84.3 cm³/mol. The minimum atomic E-state index is -4.70. The second-order valence-corrected chi connectivity index (χ2v) is 7.82. The number of alkyl halides is 3. The van der Waals surface area contributed by atoms with Crippen LogP contribution in [0, 0.1) is 23.7 Å². The fourth-order valence-corrected chi connectivity index (χ4v) is 5.05. The van der Waals surface area contributed by atoms with Crippen LogP contribution in [0.2, 0.25) is 0 Å². The highest BCUT2D eigenvalue weighted by Crippen LogP contribution is 2.60. The van der Waals surface area contributed by atoms with Gasteiger partial charge >= 0.3 is 6.18 Å². The molecule has 2 saturated heterocycles. The summed E-state index contributed by atoms with van der Waals surface area (Å²) in [6.07, 6.45) is -3.65. The zero-order valence-electron chi connectivity index (χ0n) is 15.1. The average molecular weight is 362 g/mol. The van der Waals surface area contributed by atoms with E-state index >= 15 is 0 Å². The molecule has 8 atom stereocenters. The van der Waals surface area contributed by atoms with Gasteiger partial charge < -0.3 is 9.47 Å². The third kappa shape index (κ3) is 2.75. The Kier molecular flexibility index (Phi) is 4.97. The standard InChI is InChI=1S/C17H26BF3O4/c1-5-6-12-9(2)7-8-13-10(3)16(18,17(19,20)21)23-14-15(12,13)25-24-11(4)22-14/h9-14H,5-8H2,1-4H3/t9-,10-,11-,12+,13+,14+,15-,16-/m1/s1. The molecule has 3 aliphatic rings. The van der Waals surface area contributed by atoms with E-state index in [1.54, 1.807) is 6.92 Å². The highest BCUT2D eigenvalue weighted by molar-refractivity contribution is 6.15. The number of hydrogen-bond donors (Lipinski definition) is 0. The normalized spacial score (nSPS) is 50.8. The first-order valence-corrected chi connectivity index (χ1v) is 9.11. The minimum absolute atomic E-state index is 0.0195. The molecule has 2 heterocycles. The van der Waals surface area contributed by atoms with Gasteiger partial charge in [0.15, 0.2) is 18.2 Å². The molecule has 4 nitrogen and oxygen atoms in total. The summed E-state index contributed by atoms with van der Waals surface area (Å²) in [6, 6.07) is 0. The van der Waals surface area contributed by atoms with E-state index in [2.05, 4.69) is 6.92 Å². The van der Waals surface area contributed by atoms with E-state index in [0.717, 1.165) is 19.3 Å². The van der Waals surface area contributed by atoms with E-state index in [0.29, 0.717) is 6.42 Å². The fraction of sp³-hybridized carbons (Fsp3) is 1.00. The Labute approximate surface area is 148 Å². The fourth-order valence-electron chi connectivity index (χ4n) is 5.05. The Hall–Kier alpha value is -0.305. The van der Waals surface area contributed by atoms with Gasteiger partial charge in [-0.25, -0.2) is 9.78 Å². The maximum Gasteiger partial charge on any atom is 0.408 e. The number of halogens is 3. The van der Waals surface area contributed by atoms with Crippen molar-refractivity contribution in [3.63, 3.8) is 0 Å². The molecule has 0 bridgehead atoms. The van der Waals surface area contributed by atoms with E-state index in [1.165, 1.54) is 6.92 Å². The first-order chi connectivity index (χ1) is 11.6. The van der Waals surface area contributed by atoms with Gasteiger partial charge in [0.2, 0.25) is 0 Å². The van der Waals surface area contributed by atoms with Crippen LogP contribution in [0.25, 0.3) is 0 Å². The van der Waals surface area contributed by atoms with E-state index in [4.69, 9.17) is 27.1 Å². The lowest BCUT2D eigenvalue weighted by Gasteiger charge is -2.63. The third-order valence-electron chi connectivity index (χ3n) is 6.42. The van der Waals surface area contributed by atoms with Crippen molar-refractivity contribution in [2.75, 3.05) is 0 Å². The second-order valence-electron chi connectivity index (χ2n) is 7.82. The van der Waals surface area contributed by atoms with Gasteiger partial charge in [-0.2, -0.15) is 13.2 Å². The van der Waals surface area contributed by atoms with Gasteiger partial charge in [-0.1, -0.05) is 27.2 Å². The maximum atomic E-state index is 13.7. The molecule has 8 heteroatoms. The van der Waals surface area contributed by atoms with Crippen molar-refractivity contribution >= 4 is 7.85 Å². The summed E-state index contributed by atoms with van der Waals surface area (Å²) in [5.74, 6) is -1.19. The first kappa shape index (κ1) is 19.5. The van der Waals surface area contributed by atoms with Crippen molar-refractivity contribution in [2.45, 2.75) is 83.2 Å². The van der Waals surface area contributed by atoms with E-state index in [-0.39, 0.29) is 11.8 Å². The van der Waals surface area contributed by atoms with Crippen LogP contribution in [0.4, 0.5) is 13.2 Å². The lowest BCUT2D eigenvalue weighted by Crippen LogP contribution is -2.75. The molecule has 1 saturated carbocycles. The van der Waals surface area contributed by atoms with Crippen LogP contribution < -0.4 is 0 Å². The van der Waals surface area contributed by atoms with Crippen LogP contribution in [0.5, 0.6) is 0 Å². The molecule has 0 aromatic rings. The molecule has 3 rings (SSSR count). The summed E-state index contributed by atoms with van der Waals surface area (Å²) in [5.41, 5.74) is -3.82. The smallest absolute Gasteiger partial charge is 0.343 e. The predicted octanol–water partition coefficient (Wildman–Crippen LogP) is 3.93. The molecule has 0 aromatic carbocycles. The van der Waals surface area contributed by atoms with Crippen LogP contribution in [0.3, 0.4) is 0 Å². The van der Waals surface area contributed by atoms with Crippen molar-refractivity contribution in [1.82, 2.24) is 0 Å². The summed E-state index contributed by atoms with van der Waals surface area (Å²) >= 11 is 0. The second kappa shape index (κ2) is 6.39. The van der Waals surface area contributed by atoms with Crippen molar-refractivity contribution in [3.8, 4) is 0 Å². The molecule has 2 aliphatic heterocycles. The lowest BCUT2D eigenvalue weighted by molar-refractivity contribution is -0.559. The quantitative estimate of drug-likeness (QED) is 0.551. The van der Waals surface area contributed by atoms with Gasteiger partial charge in [-0.3, -0.25) is 0 Å². The van der Waals surface area contributed by atoms with Gasteiger partial charge in [0.25, 0.3) is 0 Å². The summed E-state index contributed by atoms with van der Waals surface area (Å²) in [6.45, 7) is 7.21. The maximum absolute atomic E-state index is 13.7. The number of rotatable bonds is 2. The molecular formula is C17H26BF3O4. The molecule has 0 unspecified atom stereocenters. The number of ether oxygens (including phenoxy) is 2. The Morgan fingerprint density at radius 2 is 1.84 bits per heavy atom. The van der Waals surface area contributed by atoms with Crippen LogP contribution in [0.1, 0.15) is 53.4 Å². The van der Waals surface area contributed by atoms with Gasteiger partial charge in [0.1, 0.15) is 13.3 Å². The molecular weight excluding hydrogens is 336 g/mol. The monoisotopic (exact) mass is 362 g/mol. The minimum Gasteiger partial charge on any atom is -0.343 e. The topological polar surface area (TPSA) is 36.9 Å². The van der Waals surface area contributed by atoms with Crippen molar-refractivity contribution in [1.29, 1.82) is 0 Å². The van der Waals surface area contributed by atoms with Gasteiger partial charge in [0, 0.05) is 5.92 Å². The van der Waals surface area contributed by atoms with Gasteiger partial charge in [-0.15, -0.1) is 0 Å². The Bertz CT molecular complexity index is 505. The molecule has 1 spiro atoms. The zero-order chi connectivity index (χ0) is 18.6. The lowest BCUT2D eigenvalue weighted by atomic mass is 9.52. The highest BCUT2D eigenvalue weighted by atomic mass is 19.4. The van der Waals surface area contributed by atoms with Crippen molar-refractivity contribution in [3.05, 3.63) is 0 Å². The molecule has 2 radical (unpaired) electrons. The molecule has 0 amide bonds. The van der Waals surface area contributed by atoms with Gasteiger partial charge in [0.05, 0.1) is 0 Å². The third-order valence-corrected chi connectivity index (χ3v) is 6.42. The highest BCUT2D eigenvalue weighted by Gasteiger charge is 2.72. The molecule has 3 fully saturated rings. The first-order valence-electron chi connectivity index (χ1n) is 9.11. The Balaban J connectivity index is 2.07. The summed E-state index contributed by atoms with van der Waals surface area (Å²) in [5, 5.41) is 0. The summed E-state index contributed by atoms with van der Waals surface area (Å²) in [7, 11) is 5.77. The Morgan fingerprint density at radius 1 is 1.16 bits per heavy atom. The van der Waals surface area contributed by atoms with Crippen LogP contribution in [0.15, 0.2) is 0 Å². The average Bonchev–Trinajstić information content (AvgIpc) is 2.52. The zero-order valence-corrected chi connectivity index (χ0v) is 15.1. The summed E-state index contributed by atoms with van der Waals surface area (Å²) in [4.78, 5) is 11.1. The van der Waals surface area contributed by atoms with E-state index in [9.17, 15) is 13.2 Å². The SMILES string of the molecule is [B][C@@]1(C(F)(F)F)O[C@@H]2O[C@@H](C)OO[C@@]23[C@@H](CCC)[C@H](C)CC[C@H]3[C@H]1C. The van der Waals surface area contributed by atoms with E-state index in [1.807, 2.05) is 6.92 Å². The summed E-state index contributed by atoms with van der Waals surface area (Å²) < 4.78 is 52.3. The van der Waals surface area contributed by atoms with E-state index < -0.39 is 41.7 Å². The molecule has 0 N–H and O–H groups in total. The molecule has 1 aliphatic carbocycles. The van der Waals surface area contributed by atoms with Crippen molar-refractivity contribution < 1.29 is 32.4 Å². The number of hydrogen-bond acceptors (Lipinski definition) is 4. The van der Waals surface area contributed by atoms with Crippen LogP contribution >= 0.6 is 0 Å². The largest absolute Gasteiger partial charge is 0.408 e. The van der Waals surface area contributed by atoms with Crippen LogP contribution in [-0.2, 0) is 19.2 Å². The molecule has 0 aromatic heterocycles. The Morgan fingerprint density at radius 3 is 2.44 bits per heavy atom. The van der Waals surface area contributed by atoms with Crippen LogP contribution in [-0.4, -0.2) is 37.7 Å². The van der Waals surface area contributed by atoms with Gasteiger partial charge in [-0.05, 0) is 43.9 Å².